The standard InChI is InChI=1S/C48H30N2O2/c51-47(31-13-11-15-33(29-31)49-43-23-7-3-19-37(43)38-20-4-8-24-44(38)49)41-27-28-42(36-18-2-1-17-35(36)41)48(52)32-14-12-16-34(30-32)50-45-25-9-5-21-39(45)40-22-6-10-26-46(40)50/h1-30H. The molecule has 0 unspecified atom stereocenters. The third-order valence-electron chi connectivity index (χ3n) is 10.3. The average Bonchev–Trinajstić information content (AvgIpc) is 3.73. The van der Waals surface area contributed by atoms with E-state index in [-0.39, 0.29) is 11.6 Å². The van der Waals surface area contributed by atoms with Crippen LogP contribution in [-0.4, -0.2) is 20.7 Å². The van der Waals surface area contributed by atoms with E-state index in [1.54, 1.807) is 0 Å². The van der Waals surface area contributed by atoms with Crippen LogP contribution >= 0.6 is 0 Å². The van der Waals surface area contributed by atoms with Gasteiger partial charge in [0.15, 0.2) is 11.6 Å². The maximum atomic E-state index is 14.4. The largest absolute Gasteiger partial charge is 0.309 e. The molecule has 10 aromatic rings. The Morgan fingerprint density at radius 2 is 0.615 bits per heavy atom. The molecule has 8 aromatic carbocycles. The molecular weight excluding hydrogens is 637 g/mol. The summed E-state index contributed by atoms with van der Waals surface area (Å²) in [5.74, 6) is -0.183. The summed E-state index contributed by atoms with van der Waals surface area (Å²) in [6, 6.07) is 60.4. The van der Waals surface area contributed by atoms with Crippen molar-refractivity contribution in [2.24, 2.45) is 0 Å². The second kappa shape index (κ2) is 11.8. The number of benzene rings is 8. The van der Waals surface area contributed by atoms with Gasteiger partial charge in [0.1, 0.15) is 0 Å². The summed E-state index contributed by atoms with van der Waals surface area (Å²) in [5.41, 5.74) is 8.48. The predicted octanol–water partition coefficient (Wildman–Crippen LogP) is 11.5. The molecule has 0 atom stereocenters. The molecule has 0 aliphatic rings. The Balaban J connectivity index is 1.05. The van der Waals surface area contributed by atoms with E-state index in [1.165, 1.54) is 21.5 Å². The topological polar surface area (TPSA) is 44.0 Å². The van der Waals surface area contributed by atoms with Gasteiger partial charge in [0.2, 0.25) is 0 Å². The summed E-state index contributed by atoms with van der Waals surface area (Å²) >= 11 is 0. The molecule has 0 aliphatic carbocycles. The Bertz CT molecular complexity index is 2760. The van der Waals surface area contributed by atoms with Crippen LogP contribution in [0.15, 0.2) is 182 Å². The van der Waals surface area contributed by atoms with Gasteiger partial charge in [0.05, 0.1) is 22.1 Å². The molecular formula is C48H30N2O2. The lowest BCUT2D eigenvalue weighted by atomic mass is 9.91. The fraction of sp³-hybridized carbons (Fsp3) is 0. The molecule has 0 spiro atoms. The van der Waals surface area contributed by atoms with Crippen molar-refractivity contribution in [2.45, 2.75) is 0 Å². The molecule has 0 saturated heterocycles. The van der Waals surface area contributed by atoms with Gasteiger partial charge >= 0.3 is 0 Å². The van der Waals surface area contributed by atoms with Gasteiger partial charge < -0.3 is 9.13 Å². The second-order valence-corrected chi connectivity index (χ2v) is 13.2. The molecule has 52 heavy (non-hydrogen) atoms. The van der Waals surface area contributed by atoms with Crippen LogP contribution in [0.5, 0.6) is 0 Å². The summed E-state index contributed by atoms with van der Waals surface area (Å²) in [6.45, 7) is 0. The Labute approximate surface area is 299 Å². The molecule has 4 nitrogen and oxygen atoms in total. The Morgan fingerprint density at radius 1 is 0.308 bits per heavy atom. The van der Waals surface area contributed by atoms with Crippen LogP contribution in [0, 0.1) is 0 Å². The zero-order valence-corrected chi connectivity index (χ0v) is 28.0. The van der Waals surface area contributed by atoms with Gasteiger partial charge in [-0.1, -0.05) is 121 Å². The lowest BCUT2D eigenvalue weighted by Crippen LogP contribution is -2.08. The maximum Gasteiger partial charge on any atom is 0.193 e. The number of para-hydroxylation sites is 4. The predicted molar refractivity (Wildman–Crippen MR) is 212 cm³/mol. The van der Waals surface area contributed by atoms with E-state index in [1.807, 2.05) is 109 Å². The molecule has 0 saturated carbocycles. The summed E-state index contributed by atoms with van der Waals surface area (Å²) in [7, 11) is 0. The number of fused-ring (bicyclic) bond motifs is 7. The molecule has 0 radical (unpaired) electrons. The first-order valence-corrected chi connectivity index (χ1v) is 17.4. The number of carbonyl (C=O) groups is 2. The van der Waals surface area contributed by atoms with E-state index in [0.717, 1.165) is 44.2 Å². The minimum Gasteiger partial charge on any atom is -0.309 e. The van der Waals surface area contributed by atoms with Crippen LogP contribution in [-0.2, 0) is 0 Å². The van der Waals surface area contributed by atoms with Crippen LogP contribution in [0.2, 0.25) is 0 Å². The highest BCUT2D eigenvalue weighted by Crippen LogP contribution is 2.35. The van der Waals surface area contributed by atoms with Crippen molar-refractivity contribution in [2.75, 3.05) is 0 Å². The zero-order valence-electron chi connectivity index (χ0n) is 28.0. The number of rotatable bonds is 6. The molecule has 0 bridgehead atoms. The van der Waals surface area contributed by atoms with Gasteiger partial charge in [0.25, 0.3) is 0 Å². The summed E-state index contributed by atoms with van der Waals surface area (Å²) in [4.78, 5) is 28.7. The van der Waals surface area contributed by atoms with Gasteiger partial charge in [-0.25, -0.2) is 0 Å². The van der Waals surface area contributed by atoms with E-state index in [9.17, 15) is 9.59 Å². The fourth-order valence-corrected chi connectivity index (χ4v) is 7.98. The monoisotopic (exact) mass is 666 g/mol. The lowest BCUT2D eigenvalue weighted by Gasteiger charge is -2.13. The first kappa shape index (κ1) is 29.8. The van der Waals surface area contributed by atoms with E-state index >= 15 is 0 Å². The van der Waals surface area contributed by atoms with Gasteiger partial charge in [-0.3, -0.25) is 9.59 Å². The van der Waals surface area contributed by atoms with Gasteiger partial charge in [-0.15, -0.1) is 0 Å². The van der Waals surface area contributed by atoms with Gasteiger partial charge in [-0.05, 0) is 71.4 Å². The molecule has 0 fully saturated rings. The molecule has 0 amide bonds. The van der Waals surface area contributed by atoms with Crippen molar-refractivity contribution >= 4 is 66.0 Å². The number of hydrogen-bond acceptors (Lipinski definition) is 2. The Morgan fingerprint density at radius 3 is 0.962 bits per heavy atom. The van der Waals surface area contributed by atoms with E-state index < -0.39 is 0 Å². The molecule has 10 rings (SSSR count). The van der Waals surface area contributed by atoms with Crippen molar-refractivity contribution in [3.63, 3.8) is 0 Å². The first-order valence-electron chi connectivity index (χ1n) is 17.4. The molecule has 2 aromatic heterocycles. The minimum atomic E-state index is -0.0915. The highest BCUT2D eigenvalue weighted by molar-refractivity contribution is 6.22. The van der Waals surface area contributed by atoms with Crippen LogP contribution < -0.4 is 0 Å². The maximum absolute atomic E-state index is 14.4. The van der Waals surface area contributed by atoms with Crippen molar-refractivity contribution in [1.29, 1.82) is 0 Å². The van der Waals surface area contributed by atoms with Crippen LogP contribution in [0.1, 0.15) is 31.8 Å². The number of nitrogens with zero attached hydrogens (tertiary/aromatic N) is 2. The first-order chi connectivity index (χ1) is 25.7. The van der Waals surface area contributed by atoms with Gasteiger partial charge in [0, 0.05) is 55.2 Å². The number of hydrogen-bond donors (Lipinski definition) is 0. The van der Waals surface area contributed by atoms with Crippen LogP contribution in [0.3, 0.4) is 0 Å². The van der Waals surface area contributed by atoms with E-state index in [0.29, 0.717) is 22.3 Å². The third-order valence-corrected chi connectivity index (χ3v) is 10.3. The zero-order chi connectivity index (χ0) is 34.8. The third kappa shape index (κ3) is 4.55. The lowest BCUT2D eigenvalue weighted by molar-refractivity contribution is 0.103. The smallest absolute Gasteiger partial charge is 0.193 e. The van der Waals surface area contributed by atoms with Crippen LogP contribution in [0.4, 0.5) is 0 Å². The molecule has 4 heteroatoms. The number of aromatic nitrogens is 2. The number of carbonyl (C=O) groups excluding carboxylic acids is 2. The minimum absolute atomic E-state index is 0.0915. The average molecular weight is 667 g/mol. The molecule has 0 N–H and O–H groups in total. The van der Waals surface area contributed by atoms with Gasteiger partial charge in [-0.2, -0.15) is 0 Å². The number of ketones is 2. The molecule has 0 aliphatic heterocycles. The van der Waals surface area contributed by atoms with E-state index in [2.05, 4.69) is 81.9 Å². The molecule has 244 valence electrons. The van der Waals surface area contributed by atoms with Crippen LogP contribution in [0.25, 0.3) is 65.8 Å². The summed E-state index contributed by atoms with van der Waals surface area (Å²) < 4.78 is 4.43. The highest BCUT2D eigenvalue weighted by atomic mass is 16.1. The van der Waals surface area contributed by atoms with Crippen molar-refractivity contribution in [1.82, 2.24) is 9.13 Å². The van der Waals surface area contributed by atoms with Crippen molar-refractivity contribution in [3.05, 3.63) is 204 Å². The highest BCUT2D eigenvalue weighted by Gasteiger charge is 2.21. The normalized spacial score (nSPS) is 11.6. The quantitative estimate of drug-likeness (QED) is 0.166. The Kier molecular flexibility index (Phi) is 6.76. The fourth-order valence-electron chi connectivity index (χ4n) is 7.98. The van der Waals surface area contributed by atoms with E-state index in [4.69, 9.17) is 0 Å². The summed E-state index contributed by atoms with van der Waals surface area (Å²) in [5, 5.41) is 6.17. The Hall–Kier alpha value is -7.04. The summed E-state index contributed by atoms with van der Waals surface area (Å²) in [6.07, 6.45) is 0. The van der Waals surface area contributed by atoms with Crippen molar-refractivity contribution < 1.29 is 9.59 Å². The second-order valence-electron chi connectivity index (χ2n) is 13.2. The van der Waals surface area contributed by atoms with Crippen molar-refractivity contribution in [3.8, 4) is 11.4 Å². The molecule has 2 heterocycles. The SMILES string of the molecule is O=C(c1cccc(-n2c3ccccc3c3ccccc32)c1)c1ccc(C(=O)c2cccc(-n3c4ccccc4c4ccccc43)c2)c2ccccc12.